The molecule has 25 heavy (non-hydrogen) atoms. The third kappa shape index (κ3) is 3.98. The van der Waals surface area contributed by atoms with Gasteiger partial charge in [0.25, 0.3) is 0 Å². The summed E-state index contributed by atoms with van der Waals surface area (Å²) in [5.41, 5.74) is 15.5. The lowest BCUT2D eigenvalue weighted by atomic mass is 9.99. The van der Waals surface area contributed by atoms with Gasteiger partial charge in [-0.3, -0.25) is 0 Å². The van der Waals surface area contributed by atoms with Crippen LogP contribution in [0.5, 0.6) is 0 Å². The highest BCUT2D eigenvalue weighted by Crippen LogP contribution is 2.31. The van der Waals surface area contributed by atoms with E-state index in [1.54, 1.807) is 0 Å². The SMILES string of the molecule is Cc1nc(C2CCCCCC2)nc(N=C(N)c2ccccc2N)c1C. The first-order valence-electron chi connectivity index (χ1n) is 9.10. The first kappa shape index (κ1) is 17.4. The van der Waals surface area contributed by atoms with Crippen LogP contribution in [0.3, 0.4) is 0 Å². The van der Waals surface area contributed by atoms with Crippen LogP contribution in [-0.2, 0) is 0 Å². The van der Waals surface area contributed by atoms with Crippen LogP contribution in [0.15, 0.2) is 29.3 Å². The lowest BCUT2D eigenvalue weighted by Crippen LogP contribution is -2.15. The van der Waals surface area contributed by atoms with Crippen LogP contribution in [-0.4, -0.2) is 15.8 Å². The monoisotopic (exact) mass is 337 g/mol. The highest BCUT2D eigenvalue weighted by atomic mass is 15.0. The Morgan fingerprint density at radius 2 is 1.72 bits per heavy atom. The summed E-state index contributed by atoms with van der Waals surface area (Å²) in [6.45, 7) is 4.01. The van der Waals surface area contributed by atoms with Crippen molar-refractivity contribution in [3.8, 4) is 0 Å². The molecule has 0 spiro atoms. The normalized spacial score (nSPS) is 16.6. The van der Waals surface area contributed by atoms with Gasteiger partial charge in [0.2, 0.25) is 0 Å². The van der Waals surface area contributed by atoms with Crippen LogP contribution in [0.25, 0.3) is 0 Å². The maximum atomic E-state index is 6.21. The molecule has 0 bridgehead atoms. The minimum absolute atomic E-state index is 0.395. The second-order valence-corrected chi connectivity index (χ2v) is 6.89. The fraction of sp³-hybridized carbons (Fsp3) is 0.450. The van der Waals surface area contributed by atoms with Crippen molar-refractivity contribution in [2.24, 2.45) is 10.7 Å². The molecule has 0 saturated heterocycles. The Kier molecular flexibility index (Phi) is 5.31. The van der Waals surface area contributed by atoms with E-state index < -0.39 is 0 Å². The number of nitrogens with zero attached hydrogens (tertiary/aromatic N) is 3. The van der Waals surface area contributed by atoms with Gasteiger partial charge < -0.3 is 11.5 Å². The smallest absolute Gasteiger partial charge is 0.161 e. The molecule has 2 aromatic rings. The third-order valence-electron chi connectivity index (χ3n) is 5.06. The van der Waals surface area contributed by atoms with Crippen molar-refractivity contribution in [2.45, 2.75) is 58.3 Å². The number of nitrogens with two attached hydrogens (primary N) is 2. The van der Waals surface area contributed by atoms with Crippen molar-refractivity contribution < 1.29 is 0 Å². The van der Waals surface area contributed by atoms with E-state index in [4.69, 9.17) is 21.4 Å². The molecular formula is C20H27N5. The van der Waals surface area contributed by atoms with Crippen molar-refractivity contribution in [3.63, 3.8) is 0 Å². The lowest BCUT2D eigenvalue weighted by Gasteiger charge is -2.15. The minimum atomic E-state index is 0.395. The fourth-order valence-electron chi connectivity index (χ4n) is 3.37. The van der Waals surface area contributed by atoms with Crippen molar-refractivity contribution in [1.29, 1.82) is 0 Å². The summed E-state index contributed by atoms with van der Waals surface area (Å²) >= 11 is 0. The first-order valence-corrected chi connectivity index (χ1v) is 9.10. The molecule has 4 N–H and O–H groups in total. The zero-order chi connectivity index (χ0) is 17.8. The molecule has 0 unspecified atom stereocenters. The molecule has 0 radical (unpaired) electrons. The van der Waals surface area contributed by atoms with Gasteiger partial charge in [-0.25, -0.2) is 15.0 Å². The van der Waals surface area contributed by atoms with E-state index in [2.05, 4.69) is 4.99 Å². The largest absolute Gasteiger partial charge is 0.398 e. The van der Waals surface area contributed by atoms with Crippen molar-refractivity contribution in [3.05, 3.63) is 46.9 Å². The van der Waals surface area contributed by atoms with Gasteiger partial charge in [0.1, 0.15) is 11.7 Å². The van der Waals surface area contributed by atoms with Gasteiger partial charge in [-0.05, 0) is 38.8 Å². The van der Waals surface area contributed by atoms with Crippen LogP contribution in [0.4, 0.5) is 11.5 Å². The molecule has 0 atom stereocenters. The van der Waals surface area contributed by atoms with Gasteiger partial charge in [0, 0.05) is 28.4 Å². The number of anilines is 1. The zero-order valence-electron chi connectivity index (χ0n) is 15.1. The standard InChI is InChI=1S/C20H27N5/c1-13-14(2)23-20(15-9-5-3-4-6-10-15)25-19(13)24-18(22)16-11-7-8-12-17(16)21/h7-8,11-12,15H,3-6,9-10,21H2,1-2H3,(H2,22,23,24,25). The molecule has 1 saturated carbocycles. The Bertz CT molecular complexity index is 774. The number of aromatic nitrogens is 2. The first-order chi connectivity index (χ1) is 12.1. The number of rotatable bonds is 3. The summed E-state index contributed by atoms with van der Waals surface area (Å²) in [6.07, 6.45) is 7.45. The predicted octanol–water partition coefficient (Wildman–Crippen LogP) is 4.15. The molecular weight excluding hydrogens is 310 g/mol. The predicted molar refractivity (Wildman–Crippen MR) is 103 cm³/mol. The van der Waals surface area contributed by atoms with Gasteiger partial charge in [-0.15, -0.1) is 0 Å². The summed E-state index contributed by atoms with van der Waals surface area (Å²) in [5, 5.41) is 0. The number of nitrogen functional groups attached to an aromatic ring is 1. The van der Waals surface area contributed by atoms with Crippen molar-refractivity contribution >= 4 is 17.3 Å². The summed E-state index contributed by atoms with van der Waals surface area (Å²) in [5.74, 6) is 2.40. The second kappa shape index (κ2) is 7.64. The molecule has 0 amide bonds. The van der Waals surface area contributed by atoms with Gasteiger partial charge in [0.05, 0.1) is 0 Å². The Morgan fingerprint density at radius 3 is 2.40 bits per heavy atom. The molecule has 0 aliphatic heterocycles. The Balaban J connectivity index is 1.98. The Hall–Kier alpha value is -2.43. The van der Waals surface area contributed by atoms with Crippen LogP contribution in [0.1, 0.15) is 67.1 Å². The van der Waals surface area contributed by atoms with E-state index in [0.717, 1.165) is 35.5 Å². The van der Waals surface area contributed by atoms with Crippen LogP contribution in [0.2, 0.25) is 0 Å². The van der Waals surface area contributed by atoms with Gasteiger partial charge >= 0.3 is 0 Å². The summed E-state index contributed by atoms with van der Waals surface area (Å²) in [4.78, 5) is 14.1. The van der Waals surface area contributed by atoms with Crippen LogP contribution in [0, 0.1) is 13.8 Å². The number of para-hydroxylation sites is 1. The van der Waals surface area contributed by atoms with Gasteiger partial charge in [-0.1, -0.05) is 37.8 Å². The van der Waals surface area contributed by atoms with E-state index in [1.807, 2.05) is 38.1 Å². The maximum Gasteiger partial charge on any atom is 0.161 e. The van der Waals surface area contributed by atoms with Crippen molar-refractivity contribution in [1.82, 2.24) is 9.97 Å². The van der Waals surface area contributed by atoms with E-state index in [9.17, 15) is 0 Å². The zero-order valence-corrected chi connectivity index (χ0v) is 15.1. The Labute approximate surface area is 149 Å². The molecule has 1 aliphatic carbocycles. The number of benzene rings is 1. The maximum absolute atomic E-state index is 6.21. The molecule has 1 aliphatic rings. The highest BCUT2D eigenvalue weighted by molar-refractivity contribution is 6.03. The van der Waals surface area contributed by atoms with E-state index >= 15 is 0 Å². The minimum Gasteiger partial charge on any atom is -0.398 e. The number of hydrogen-bond acceptors (Lipinski definition) is 4. The third-order valence-corrected chi connectivity index (χ3v) is 5.06. The molecule has 132 valence electrons. The summed E-state index contributed by atoms with van der Waals surface area (Å²) in [6, 6.07) is 7.50. The van der Waals surface area contributed by atoms with Crippen LogP contribution >= 0.6 is 0 Å². The summed E-state index contributed by atoms with van der Waals surface area (Å²) < 4.78 is 0. The van der Waals surface area contributed by atoms with E-state index in [1.165, 1.54) is 25.7 Å². The van der Waals surface area contributed by atoms with Crippen molar-refractivity contribution in [2.75, 3.05) is 5.73 Å². The number of amidine groups is 1. The summed E-state index contributed by atoms with van der Waals surface area (Å²) in [7, 11) is 0. The molecule has 1 heterocycles. The van der Waals surface area contributed by atoms with E-state index in [0.29, 0.717) is 23.3 Å². The molecule has 5 heteroatoms. The van der Waals surface area contributed by atoms with Crippen LogP contribution < -0.4 is 11.5 Å². The van der Waals surface area contributed by atoms with Gasteiger partial charge in [0.15, 0.2) is 5.82 Å². The number of aliphatic imine (C=N–C) groups is 1. The quantitative estimate of drug-likeness (QED) is 0.381. The molecule has 1 fully saturated rings. The fourth-order valence-corrected chi connectivity index (χ4v) is 3.37. The molecule has 1 aromatic heterocycles. The topological polar surface area (TPSA) is 90.2 Å². The molecule has 5 nitrogen and oxygen atoms in total. The molecule has 1 aromatic carbocycles. The number of hydrogen-bond donors (Lipinski definition) is 2. The molecule has 3 rings (SSSR count). The highest BCUT2D eigenvalue weighted by Gasteiger charge is 2.19. The number of aryl methyl sites for hydroxylation is 1. The Morgan fingerprint density at radius 1 is 1.04 bits per heavy atom. The second-order valence-electron chi connectivity index (χ2n) is 6.89. The lowest BCUT2D eigenvalue weighted by molar-refractivity contribution is 0.558. The van der Waals surface area contributed by atoms with Gasteiger partial charge in [-0.2, -0.15) is 0 Å². The van der Waals surface area contributed by atoms with E-state index in [-0.39, 0.29) is 0 Å². The average Bonchev–Trinajstić information content (AvgIpc) is 2.88. The average molecular weight is 337 g/mol.